The number of allylic oxidation sites excluding steroid dienone is 1. The monoisotopic (exact) mass is 568 g/mol. The molecule has 0 bridgehead atoms. The van der Waals surface area contributed by atoms with Gasteiger partial charge in [-0.3, -0.25) is 9.12 Å². The first-order valence-electron chi connectivity index (χ1n) is 12.7. The van der Waals surface area contributed by atoms with Crippen LogP contribution in [0.2, 0.25) is 5.02 Å². The highest BCUT2D eigenvalue weighted by Gasteiger charge is 2.25. The van der Waals surface area contributed by atoms with Crippen LogP contribution in [0.3, 0.4) is 0 Å². The van der Waals surface area contributed by atoms with E-state index < -0.39 is 15.8 Å². The van der Waals surface area contributed by atoms with Gasteiger partial charge in [0, 0.05) is 17.5 Å². The van der Waals surface area contributed by atoms with E-state index in [0.29, 0.717) is 22.8 Å². The Morgan fingerprint density at radius 1 is 1.21 bits per heavy atom. The molecule has 0 saturated carbocycles. The molecule has 0 fully saturated rings. The molecule has 1 aliphatic rings. The minimum Gasteiger partial charge on any atom is -0.382 e. The Bertz CT molecular complexity index is 1700. The molecule has 39 heavy (non-hydrogen) atoms. The molecule has 2 aromatic heterocycles. The maximum atomic E-state index is 15.3. The van der Waals surface area contributed by atoms with Crippen LogP contribution in [0, 0.1) is 5.82 Å². The van der Waals surface area contributed by atoms with Crippen molar-refractivity contribution < 1.29 is 12.8 Å². The van der Waals surface area contributed by atoms with E-state index in [2.05, 4.69) is 21.1 Å². The summed E-state index contributed by atoms with van der Waals surface area (Å²) >= 11 is 6.05. The van der Waals surface area contributed by atoms with Crippen LogP contribution in [0.1, 0.15) is 50.5 Å². The number of hydrogen-bond donors (Lipinski definition) is 3. The van der Waals surface area contributed by atoms with Crippen LogP contribution in [0.5, 0.6) is 0 Å². The van der Waals surface area contributed by atoms with Gasteiger partial charge in [-0.15, -0.1) is 0 Å². The van der Waals surface area contributed by atoms with Gasteiger partial charge >= 0.3 is 0 Å². The Labute approximate surface area is 232 Å². The summed E-state index contributed by atoms with van der Waals surface area (Å²) in [6.07, 6.45) is 6.79. The lowest BCUT2D eigenvalue weighted by atomic mass is 9.93. The van der Waals surface area contributed by atoms with E-state index in [9.17, 15) is 8.42 Å². The molecular formula is C28H30ClFN6O2S. The number of imidazole rings is 1. The van der Waals surface area contributed by atoms with Crippen molar-refractivity contribution in [3.8, 4) is 11.3 Å². The number of sulfonamides is 1. The molecule has 5 rings (SSSR count). The third kappa shape index (κ3) is 5.11. The molecule has 4 aromatic rings. The third-order valence-electron chi connectivity index (χ3n) is 6.99. The number of rotatable bonds is 7. The number of hydrogen-bond acceptors (Lipinski definition) is 6. The molecule has 0 radical (unpaired) electrons. The minimum absolute atomic E-state index is 0.0426. The van der Waals surface area contributed by atoms with Gasteiger partial charge in [0.05, 0.1) is 22.6 Å². The molecule has 0 spiro atoms. The number of benzene rings is 2. The Morgan fingerprint density at radius 3 is 2.62 bits per heavy atom. The zero-order valence-electron chi connectivity index (χ0n) is 21.9. The van der Waals surface area contributed by atoms with E-state index in [1.54, 1.807) is 24.4 Å². The second kappa shape index (κ2) is 10.6. The molecule has 0 aliphatic heterocycles. The fourth-order valence-corrected chi connectivity index (χ4v) is 6.51. The van der Waals surface area contributed by atoms with Gasteiger partial charge in [0.2, 0.25) is 0 Å². The summed E-state index contributed by atoms with van der Waals surface area (Å²) in [7, 11) is -2.13. The van der Waals surface area contributed by atoms with Crippen molar-refractivity contribution in [2.75, 3.05) is 17.5 Å². The van der Waals surface area contributed by atoms with Gasteiger partial charge in [0.15, 0.2) is 0 Å². The van der Waals surface area contributed by atoms with Gasteiger partial charge < -0.3 is 11.1 Å². The number of aromatic nitrogens is 3. The quantitative estimate of drug-likeness (QED) is 0.258. The molecule has 8 nitrogen and oxygen atoms in total. The van der Waals surface area contributed by atoms with Crippen LogP contribution in [-0.4, -0.2) is 35.9 Å². The Hall–Kier alpha value is -3.47. The van der Waals surface area contributed by atoms with E-state index in [0.717, 1.165) is 30.8 Å². The summed E-state index contributed by atoms with van der Waals surface area (Å²) < 4.78 is 45.3. The number of halogens is 2. The van der Waals surface area contributed by atoms with Gasteiger partial charge in [-0.25, -0.2) is 22.8 Å². The standard InChI is InChI=1S/C28H30ClFN6O2S/c1-16(2)28-34-25(26-27(31)33-15-23(36(26)28)17-8-11-19(32-3)12-9-17)18-10-13-22(21(30)14-18)35-39(37,38)24-7-5-4-6-20(24)29/h4-8,10,13-16,19,32,35H,9,11-12H2,1-3H3,(H2,31,33). The molecule has 2 aromatic carbocycles. The van der Waals surface area contributed by atoms with Crippen molar-refractivity contribution in [3.63, 3.8) is 0 Å². The predicted molar refractivity (Wildman–Crippen MR) is 154 cm³/mol. The van der Waals surface area contributed by atoms with Crippen LogP contribution in [0.25, 0.3) is 22.3 Å². The van der Waals surface area contributed by atoms with Crippen molar-refractivity contribution in [1.29, 1.82) is 0 Å². The van der Waals surface area contributed by atoms with Crippen molar-refractivity contribution in [1.82, 2.24) is 19.7 Å². The summed E-state index contributed by atoms with van der Waals surface area (Å²) in [6.45, 7) is 4.08. The normalized spacial score (nSPS) is 16.1. The Morgan fingerprint density at radius 2 is 1.97 bits per heavy atom. The molecule has 0 saturated heterocycles. The summed E-state index contributed by atoms with van der Waals surface area (Å²) in [6, 6.07) is 10.7. The van der Waals surface area contributed by atoms with Gasteiger partial charge in [-0.2, -0.15) is 0 Å². The number of nitrogens with two attached hydrogens (primary N) is 1. The van der Waals surface area contributed by atoms with E-state index >= 15 is 4.39 Å². The van der Waals surface area contributed by atoms with Crippen molar-refractivity contribution >= 4 is 44.2 Å². The largest absolute Gasteiger partial charge is 0.382 e. The number of fused-ring (bicyclic) bond motifs is 1. The van der Waals surface area contributed by atoms with Gasteiger partial charge in [-0.05, 0) is 56.1 Å². The first kappa shape index (κ1) is 27.1. The molecule has 4 N–H and O–H groups in total. The fraction of sp³-hybridized carbons (Fsp3) is 0.286. The second-order valence-electron chi connectivity index (χ2n) is 9.91. The topological polar surface area (TPSA) is 114 Å². The molecule has 1 unspecified atom stereocenters. The van der Waals surface area contributed by atoms with Crippen LogP contribution < -0.4 is 15.8 Å². The SMILES string of the molecule is CNC1CC=C(c2cnc(N)c3c(-c4ccc(NS(=O)(=O)c5ccccc5Cl)c(F)c4)nc(C(C)C)n23)CC1. The number of nitrogens with one attached hydrogen (secondary N) is 2. The van der Waals surface area contributed by atoms with Crippen molar-refractivity contribution in [2.45, 2.75) is 50.0 Å². The van der Waals surface area contributed by atoms with E-state index in [1.165, 1.54) is 29.8 Å². The smallest absolute Gasteiger partial charge is 0.263 e. The summed E-state index contributed by atoms with van der Waals surface area (Å²) in [4.78, 5) is 9.23. The Balaban J connectivity index is 1.58. The third-order valence-corrected chi connectivity index (χ3v) is 8.86. The second-order valence-corrected chi connectivity index (χ2v) is 12.0. The highest BCUT2D eigenvalue weighted by Crippen LogP contribution is 2.36. The van der Waals surface area contributed by atoms with E-state index in [4.69, 9.17) is 22.3 Å². The van der Waals surface area contributed by atoms with E-state index in [1.807, 2.05) is 25.3 Å². The van der Waals surface area contributed by atoms with Crippen LogP contribution in [-0.2, 0) is 10.0 Å². The first-order valence-corrected chi connectivity index (χ1v) is 14.6. The van der Waals surface area contributed by atoms with Crippen LogP contribution in [0.4, 0.5) is 15.9 Å². The first-order chi connectivity index (χ1) is 18.6. The molecule has 11 heteroatoms. The lowest BCUT2D eigenvalue weighted by molar-refractivity contribution is 0.522. The molecule has 204 valence electrons. The average Bonchev–Trinajstić information content (AvgIpc) is 3.32. The zero-order valence-corrected chi connectivity index (χ0v) is 23.4. The highest BCUT2D eigenvalue weighted by molar-refractivity contribution is 7.92. The summed E-state index contributed by atoms with van der Waals surface area (Å²) in [5.74, 6) is 0.352. The lowest BCUT2D eigenvalue weighted by Gasteiger charge is -2.22. The van der Waals surface area contributed by atoms with Gasteiger partial charge in [0.25, 0.3) is 10.0 Å². The average molecular weight is 569 g/mol. The lowest BCUT2D eigenvalue weighted by Crippen LogP contribution is -2.26. The summed E-state index contributed by atoms with van der Waals surface area (Å²) in [5, 5.41) is 3.37. The Kier molecular flexibility index (Phi) is 7.37. The molecular weight excluding hydrogens is 539 g/mol. The number of anilines is 2. The highest BCUT2D eigenvalue weighted by atomic mass is 35.5. The summed E-state index contributed by atoms with van der Waals surface area (Å²) in [5.41, 5.74) is 9.79. The number of nitrogen functional groups attached to an aromatic ring is 1. The van der Waals surface area contributed by atoms with Crippen molar-refractivity contribution in [3.05, 3.63) is 77.1 Å². The molecule has 1 aliphatic carbocycles. The molecule has 1 atom stereocenters. The maximum absolute atomic E-state index is 15.3. The minimum atomic E-state index is -4.10. The zero-order chi connectivity index (χ0) is 27.9. The molecule has 0 amide bonds. The maximum Gasteiger partial charge on any atom is 0.263 e. The molecule has 2 heterocycles. The van der Waals surface area contributed by atoms with Gasteiger partial charge in [-0.1, -0.05) is 49.7 Å². The van der Waals surface area contributed by atoms with Crippen LogP contribution in [0.15, 0.2) is 59.6 Å². The van der Waals surface area contributed by atoms with Gasteiger partial charge in [0.1, 0.15) is 33.6 Å². The van der Waals surface area contributed by atoms with Crippen molar-refractivity contribution in [2.24, 2.45) is 0 Å². The van der Waals surface area contributed by atoms with Crippen LogP contribution >= 0.6 is 11.6 Å². The van der Waals surface area contributed by atoms with E-state index in [-0.39, 0.29) is 27.3 Å². The fourth-order valence-electron chi connectivity index (χ4n) is 4.92. The predicted octanol–water partition coefficient (Wildman–Crippen LogP) is 5.85. The number of nitrogens with zero attached hydrogens (tertiary/aromatic N) is 3.